The summed E-state index contributed by atoms with van der Waals surface area (Å²) in [4.78, 5) is 21.4. The molecule has 0 aliphatic rings. The number of aliphatic carboxylic acids is 1. The molecular formula is C7H8INO4. The number of ether oxygens (including phenoxy) is 1. The van der Waals surface area contributed by atoms with Crippen LogP contribution in [0.25, 0.3) is 0 Å². The number of amides is 1. The lowest BCUT2D eigenvalue weighted by Crippen LogP contribution is -2.36. The molecule has 1 amide bonds. The summed E-state index contributed by atoms with van der Waals surface area (Å²) in [6.07, 6.45) is 4.09. The van der Waals surface area contributed by atoms with Crippen molar-refractivity contribution in [1.29, 1.82) is 0 Å². The van der Waals surface area contributed by atoms with Crippen molar-refractivity contribution in [3.05, 3.63) is 0 Å². The van der Waals surface area contributed by atoms with Crippen molar-refractivity contribution in [1.82, 2.24) is 3.11 Å². The van der Waals surface area contributed by atoms with Crippen molar-refractivity contribution in [2.45, 2.75) is 13.0 Å². The van der Waals surface area contributed by atoms with Gasteiger partial charge in [0.1, 0.15) is 6.04 Å². The van der Waals surface area contributed by atoms with Gasteiger partial charge in [-0.05, 0) is 6.92 Å². The van der Waals surface area contributed by atoms with Crippen LogP contribution in [0, 0.1) is 12.3 Å². The molecule has 0 spiro atoms. The van der Waals surface area contributed by atoms with Crippen LogP contribution >= 0.6 is 22.9 Å². The zero-order valence-corrected chi connectivity index (χ0v) is 9.02. The number of nitrogens with zero attached hydrogens (tertiary/aromatic N) is 1. The van der Waals surface area contributed by atoms with Crippen LogP contribution in [0.5, 0.6) is 0 Å². The van der Waals surface area contributed by atoms with E-state index in [0.717, 1.165) is 3.11 Å². The molecule has 0 fully saturated rings. The maximum Gasteiger partial charge on any atom is 0.420 e. The van der Waals surface area contributed by atoms with Gasteiger partial charge in [-0.1, -0.05) is 5.92 Å². The molecule has 0 heterocycles. The zero-order chi connectivity index (χ0) is 10.4. The predicted octanol–water partition coefficient (Wildman–Crippen LogP) is 0.881. The highest BCUT2D eigenvalue weighted by Crippen LogP contribution is 2.08. The standard InChI is InChI=1S/C7H8INO4/c1-3-4-13-7(12)9(8)5(2)6(10)11/h1,5H,4H2,2H3,(H,10,11). The van der Waals surface area contributed by atoms with Crippen molar-refractivity contribution in [2.24, 2.45) is 0 Å². The van der Waals surface area contributed by atoms with Gasteiger partial charge >= 0.3 is 12.1 Å². The second kappa shape index (κ2) is 5.64. The summed E-state index contributed by atoms with van der Waals surface area (Å²) in [5, 5.41) is 8.53. The molecule has 0 aliphatic heterocycles. The minimum Gasteiger partial charge on any atom is -0.480 e. The number of hydrogen-bond donors (Lipinski definition) is 1. The van der Waals surface area contributed by atoms with Gasteiger partial charge in [0.2, 0.25) is 0 Å². The number of hydrogen-bond acceptors (Lipinski definition) is 3. The van der Waals surface area contributed by atoms with Crippen molar-refractivity contribution >= 4 is 34.9 Å². The molecule has 6 heteroatoms. The number of carbonyl (C=O) groups is 2. The summed E-state index contributed by atoms with van der Waals surface area (Å²) in [6, 6.07) is -0.939. The Bertz CT molecular complexity index is 247. The molecule has 0 rings (SSSR count). The van der Waals surface area contributed by atoms with Gasteiger partial charge in [0.05, 0.1) is 22.9 Å². The van der Waals surface area contributed by atoms with E-state index in [2.05, 4.69) is 10.7 Å². The summed E-state index contributed by atoms with van der Waals surface area (Å²) in [5.41, 5.74) is 0. The Labute approximate surface area is 89.5 Å². The lowest BCUT2D eigenvalue weighted by molar-refractivity contribution is -0.140. The minimum absolute atomic E-state index is 0.162. The monoisotopic (exact) mass is 297 g/mol. The summed E-state index contributed by atoms with van der Waals surface area (Å²) in [5.74, 6) is 0.997. The van der Waals surface area contributed by atoms with Gasteiger partial charge in [-0.3, -0.25) is 0 Å². The minimum atomic E-state index is -1.10. The second-order valence-electron chi connectivity index (χ2n) is 2.08. The average molecular weight is 297 g/mol. The highest BCUT2D eigenvalue weighted by molar-refractivity contribution is 14.1. The Kier molecular flexibility index (Phi) is 5.22. The maximum absolute atomic E-state index is 11.0. The Morgan fingerprint density at radius 3 is 2.69 bits per heavy atom. The molecule has 0 aromatic rings. The largest absolute Gasteiger partial charge is 0.480 e. The third-order valence-electron chi connectivity index (χ3n) is 1.15. The van der Waals surface area contributed by atoms with Crippen LogP contribution in [0.15, 0.2) is 0 Å². The van der Waals surface area contributed by atoms with Crippen LogP contribution in [0.1, 0.15) is 6.92 Å². The maximum atomic E-state index is 11.0. The van der Waals surface area contributed by atoms with Crippen LogP contribution in [0.2, 0.25) is 0 Å². The first-order chi connectivity index (χ1) is 6.00. The highest BCUT2D eigenvalue weighted by Gasteiger charge is 2.24. The van der Waals surface area contributed by atoms with E-state index in [4.69, 9.17) is 11.5 Å². The molecule has 0 bridgehead atoms. The molecule has 1 unspecified atom stereocenters. The molecule has 0 saturated carbocycles. The number of halogens is 1. The van der Waals surface area contributed by atoms with Gasteiger partial charge in [-0.25, -0.2) is 12.7 Å². The third-order valence-corrected chi connectivity index (χ3v) is 2.38. The summed E-state index contributed by atoms with van der Waals surface area (Å²) in [7, 11) is 0. The van der Waals surface area contributed by atoms with Crippen LogP contribution in [0.3, 0.4) is 0 Å². The van der Waals surface area contributed by atoms with Gasteiger partial charge in [0.25, 0.3) is 0 Å². The molecule has 1 atom stereocenters. The molecule has 0 aromatic carbocycles. The van der Waals surface area contributed by atoms with E-state index in [-0.39, 0.29) is 6.61 Å². The molecule has 1 N–H and O–H groups in total. The first kappa shape index (κ1) is 12.0. The summed E-state index contributed by atoms with van der Waals surface area (Å²) < 4.78 is 5.43. The van der Waals surface area contributed by atoms with E-state index in [0.29, 0.717) is 0 Å². The molecule has 0 radical (unpaired) electrons. The van der Waals surface area contributed by atoms with Crippen molar-refractivity contribution in [2.75, 3.05) is 6.61 Å². The topological polar surface area (TPSA) is 66.8 Å². The fourth-order valence-corrected chi connectivity index (χ4v) is 0.798. The number of terminal acetylenes is 1. The second-order valence-corrected chi connectivity index (χ2v) is 3.12. The van der Waals surface area contributed by atoms with Crippen LogP contribution in [-0.4, -0.2) is 32.9 Å². The predicted molar refractivity (Wildman–Crippen MR) is 53.1 cm³/mol. The Balaban J connectivity index is 4.11. The number of rotatable bonds is 3. The van der Waals surface area contributed by atoms with Gasteiger partial charge in [0, 0.05) is 0 Å². The van der Waals surface area contributed by atoms with Gasteiger partial charge in [0.15, 0.2) is 6.61 Å². The summed E-state index contributed by atoms with van der Waals surface area (Å²) in [6.45, 7) is 1.20. The first-order valence-corrected chi connectivity index (χ1v) is 4.25. The molecule has 72 valence electrons. The van der Waals surface area contributed by atoms with E-state index in [1.165, 1.54) is 6.92 Å². The van der Waals surface area contributed by atoms with Crippen molar-refractivity contribution in [3.63, 3.8) is 0 Å². The first-order valence-electron chi connectivity index (χ1n) is 3.28. The molecular weight excluding hydrogens is 289 g/mol. The Hall–Kier alpha value is -0.970. The third kappa shape index (κ3) is 3.98. The molecule has 13 heavy (non-hydrogen) atoms. The molecule has 0 aromatic heterocycles. The van der Waals surface area contributed by atoms with E-state index in [1.807, 2.05) is 0 Å². The molecule has 5 nitrogen and oxygen atoms in total. The Morgan fingerprint density at radius 1 is 1.77 bits per heavy atom. The van der Waals surface area contributed by atoms with E-state index >= 15 is 0 Å². The van der Waals surface area contributed by atoms with Crippen molar-refractivity contribution in [3.8, 4) is 12.3 Å². The summed E-state index contributed by atoms with van der Waals surface area (Å²) >= 11 is 1.56. The number of carbonyl (C=O) groups excluding carboxylic acids is 1. The van der Waals surface area contributed by atoms with Gasteiger partial charge < -0.3 is 9.84 Å². The van der Waals surface area contributed by atoms with Crippen LogP contribution < -0.4 is 0 Å². The van der Waals surface area contributed by atoms with E-state index < -0.39 is 18.1 Å². The fourth-order valence-electron chi connectivity index (χ4n) is 0.420. The fraction of sp³-hybridized carbons (Fsp3) is 0.429. The Morgan fingerprint density at radius 2 is 2.31 bits per heavy atom. The van der Waals surface area contributed by atoms with Gasteiger partial charge in [-0.15, -0.1) is 6.42 Å². The lowest BCUT2D eigenvalue weighted by Gasteiger charge is -2.17. The quantitative estimate of drug-likeness (QED) is 0.477. The lowest BCUT2D eigenvalue weighted by atomic mass is 10.4. The average Bonchev–Trinajstić information content (AvgIpc) is 2.11. The zero-order valence-electron chi connectivity index (χ0n) is 6.86. The van der Waals surface area contributed by atoms with Gasteiger partial charge in [-0.2, -0.15) is 0 Å². The SMILES string of the molecule is C#CCOC(=O)N(I)C(C)C(=O)O. The van der Waals surface area contributed by atoms with E-state index in [9.17, 15) is 9.59 Å². The highest BCUT2D eigenvalue weighted by atomic mass is 127. The molecule has 0 aliphatic carbocycles. The molecule has 0 saturated heterocycles. The number of carboxylic acids is 1. The smallest absolute Gasteiger partial charge is 0.420 e. The normalized spacial score (nSPS) is 11.2. The van der Waals surface area contributed by atoms with E-state index in [1.54, 1.807) is 22.9 Å². The van der Waals surface area contributed by atoms with Crippen LogP contribution in [0.4, 0.5) is 4.79 Å². The number of carboxylic acid groups (broad SMARTS) is 1. The van der Waals surface area contributed by atoms with Crippen LogP contribution in [-0.2, 0) is 9.53 Å². The van der Waals surface area contributed by atoms with Crippen molar-refractivity contribution < 1.29 is 19.4 Å².